The van der Waals surface area contributed by atoms with Crippen molar-refractivity contribution in [2.24, 2.45) is 0 Å². The van der Waals surface area contributed by atoms with Crippen LogP contribution in [0.3, 0.4) is 0 Å². The quantitative estimate of drug-likeness (QED) is 0.840. The van der Waals surface area contributed by atoms with Crippen molar-refractivity contribution >= 4 is 23.2 Å². The summed E-state index contributed by atoms with van der Waals surface area (Å²) >= 11 is 6.21. The van der Waals surface area contributed by atoms with Crippen LogP contribution in [0.25, 0.3) is 0 Å². The van der Waals surface area contributed by atoms with Crippen LogP contribution < -0.4 is 9.64 Å². The second-order valence-electron chi connectivity index (χ2n) is 5.12. The largest absolute Gasteiger partial charge is 0.495 e. The summed E-state index contributed by atoms with van der Waals surface area (Å²) in [4.78, 5) is 17.6. The van der Waals surface area contributed by atoms with Gasteiger partial charge < -0.3 is 9.64 Å². The standard InChI is InChI=1S/C16H13ClF2N2O2/c1-23-13-5-4-11(17)10-3-2-6-21(15(10)13)16(22)14-12(19)7-9(18)8-20-14/h4-5,7-8H,2-3,6H2,1H3. The van der Waals surface area contributed by atoms with Crippen LogP contribution in [0.2, 0.25) is 5.02 Å². The van der Waals surface area contributed by atoms with Gasteiger partial charge in [-0.15, -0.1) is 0 Å². The first-order valence-electron chi connectivity index (χ1n) is 7.01. The molecule has 0 radical (unpaired) electrons. The van der Waals surface area contributed by atoms with E-state index >= 15 is 0 Å². The van der Waals surface area contributed by atoms with E-state index in [2.05, 4.69) is 4.98 Å². The normalized spacial score (nSPS) is 13.7. The maximum Gasteiger partial charge on any atom is 0.280 e. The molecule has 0 saturated heterocycles. The number of halogens is 3. The number of anilines is 1. The Morgan fingerprint density at radius 3 is 2.87 bits per heavy atom. The van der Waals surface area contributed by atoms with Crippen molar-refractivity contribution in [3.8, 4) is 5.75 Å². The first-order valence-corrected chi connectivity index (χ1v) is 7.39. The van der Waals surface area contributed by atoms with E-state index in [1.807, 2.05) is 0 Å². The van der Waals surface area contributed by atoms with Gasteiger partial charge in [0.25, 0.3) is 5.91 Å². The van der Waals surface area contributed by atoms with Crippen LogP contribution in [0.4, 0.5) is 14.5 Å². The smallest absolute Gasteiger partial charge is 0.280 e. The zero-order valence-electron chi connectivity index (χ0n) is 12.3. The minimum atomic E-state index is -0.997. The van der Waals surface area contributed by atoms with Gasteiger partial charge in [0.1, 0.15) is 11.6 Å². The molecule has 2 aromatic rings. The lowest BCUT2D eigenvalue weighted by Crippen LogP contribution is -2.37. The van der Waals surface area contributed by atoms with Gasteiger partial charge in [0.05, 0.1) is 19.0 Å². The van der Waals surface area contributed by atoms with Crippen LogP contribution in [-0.4, -0.2) is 24.5 Å². The highest BCUT2D eigenvalue weighted by molar-refractivity contribution is 6.32. The average molecular weight is 339 g/mol. The van der Waals surface area contributed by atoms with Crippen molar-refractivity contribution in [2.75, 3.05) is 18.6 Å². The highest BCUT2D eigenvalue weighted by Crippen LogP contribution is 2.40. The van der Waals surface area contributed by atoms with Crippen LogP contribution in [0.5, 0.6) is 5.75 Å². The van der Waals surface area contributed by atoms with Crippen LogP contribution in [0.1, 0.15) is 22.5 Å². The molecule has 1 aliphatic rings. The summed E-state index contributed by atoms with van der Waals surface area (Å²) < 4.78 is 32.2. The fraction of sp³-hybridized carbons (Fsp3) is 0.250. The molecule has 0 spiro atoms. The molecule has 0 bridgehead atoms. The van der Waals surface area contributed by atoms with E-state index < -0.39 is 23.2 Å². The van der Waals surface area contributed by atoms with Gasteiger partial charge in [0.2, 0.25) is 0 Å². The van der Waals surface area contributed by atoms with Gasteiger partial charge in [-0.05, 0) is 30.5 Å². The molecule has 1 aromatic heterocycles. The fourth-order valence-corrected chi connectivity index (χ4v) is 2.96. The second kappa shape index (κ2) is 6.12. The van der Waals surface area contributed by atoms with Gasteiger partial charge in [-0.3, -0.25) is 4.79 Å². The first kappa shape index (κ1) is 15.7. The van der Waals surface area contributed by atoms with Crippen LogP contribution in [0.15, 0.2) is 24.4 Å². The number of hydrogen-bond donors (Lipinski definition) is 0. The van der Waals surface area contributed by atoms with Crippen LogP contribution in [0, 0.1) is 11.6 Å². The highest BCUT2D eigenvalue weighted by atomic mass is 35.5. The van der Waals surface area contributed by atoms with E-state index in [1.165, 1.54) is 12.0 Å². The Bertz CT molecular complexity index is 783. The molecule has 1 aromatic carbocycles. The van der Waals surface area contributed by atoms with Gasteiger partial charge in [-0.1, -0.05) is 11.6 Å². The van der Waals surface area contributed by atoms with Crippen molar-refractivity contribution in [2.45, 2.75) is 12.8 Å². The molecular weight excluding hydrogens is 326 g/mol. The summed E-state index contributed by atoms with van der Waals surface area (Å²) in [5.41, 5.74) is 0.858. The summed E-state index contributed by atoms with van der Waals surface area (Å²) in [6.07, 6.45) is 2.18. The second-order valence-corrected chi connectivity index (χ2v) is 5.53. The van der Waals surface area contributed by atoms with Crippen LogP contribution in [-0.2, 0) is 6.42 Å². The van der Waals surface area contributed by atoms with Crippen molar-refractivity contribution in [1.82, 2.24) is 4.98 Å². The number of rotatable bonds is 2. The molecule has 1 aliphatic heterocycles. The predicted octanol–water partition coefficient (Wildman–Crippen LogP) is 3.61. The minimum Gasteiger partial charge on any atom is -0.495 e. The van der Waals surface area contributed by atoms with E-state index in [-0.39, 0.29) is 0 Å². The number of carbonyl (C=O) groups is 1. The summed E-state index contributed by atoms with van der Waals surface area (Å²) in [5.74, 6) is -2.01. The Kier molecular flexibility index (Phi) is 4.17. The van der Waals surface area contributed by atoms with E-state index in [0.717, 1.165) is 11.8 Å². The summed E-state index contributed by atoms with van der Waals surface area (Å²) in [5, 5.41) is 0.519. The summed E-state index contributed by atoms with van der Waals surface area (Å²) in [6, 6.07) is 3.99. The van der Waals surface area contributed by atoms with Crippen molar-refractivity contribution < 1.29 is 18.3 Å². The maximum absolute atomic E-state index is 13.9. The van der Waals surface area contributed by atoms with E-state index in [9.17, 15) is 13.6 Å². The number of fused-ring (bicyclic) bond motifs is 1. The molecule has 0 N–H and O–H groups in total. The predicted molar refractivity (Wildman–Crippen MR) is 82.2 cm³/mol. The Labute approximate surface area is 136 Å². The fourth-order valence-electron chi connectivity index (χ4n) is 2.72. The number of aromatic nitrogens is 1. The van der Waals surface area contributed by atoms with Gasteiger partial charge in [-0.25, -0.2) is 13.8 Å². The summed E-state index contributed by atoms with van der Waals surface area (Å²) in [7, 11) is 1.48. The Balaban J connectivity index is 2.09. The third-order valence-corrected chi connectivity index (χ3v) is 4.10. The van der Waals surface area contributed by atoms with Gasteiger partial charge in [0.15, 0.2) is 11.5 Å². The number of methoxy groups -OCH3 is 1. The monoisotopic (exact) mass is 338 g/mol. The zero-order chi connectivity index (χ0) is 16.6. The molecule has 7 heteroatoms. The van der Waals surface area contributed by atoms with E-state index in [4.69, 9.17) is 16.3 Å². The van der Waals surface area contributed by atoms with Gasteiger partial charge in [0, 0.05) is 17.6 Å². The molecule has 23 heavy (non-hydrogen) atoms. The lowest BCUT2D eigenvalue weighted by atomic mass is 10.00. The lowest BCUT2D eigenvalue weighted by molar-refractivity contribution is 0.0975. The molecule has 3 rings (SSSR count). The Hall–Kier alpha value is -2.21. The van der Waals surface area contributed by atoms with Crippen molar-refractivity contribution in [1.29, 1.82) is 0 Å². The molecule has 2 heterocycles. The van der Waals surface area contributed by atoms with Crippen molar-refractivity contribution in [3.05, 3.63) is 52.3 Å². The number of carbonyl (C=O) groups excluding carboxylic acids is 1. The Morgan fingerprint density at radius 1 is 1.39 bits per heavy atom. The lowest BCUT2D eigenvalue weighted by Gasteiger charge is -2.31. The molecule has 0 atom stereocenters. The highest BCUT2D eigenvalue weighted by Gasteiger charge is 2.30. The van der Waals surface area contributed by atoms with Crippen molar-refractivity contribution in [3.63, 3.8) is 0 Å². The number of hydrogen-bond acceptors (Lipinski definition) is 3. The average Bonchev–Trinajstić information content (AvgIpc) is 2.54. The minimum absolute atomic E-state index is 0.376. The molecule has 0 fully saturated rings. The number of pyridine rings is 1. The van der Waals surface area contributed by atoms with E-state index in [1.54, 1.807) is 12.1 Å². The number of ether oxygens (including phenoxy) is 1. The zero-order valence-corrected chi connectivity index (χ0v) is 13.0. The third kappa shape index (κ3) is 2.74. The van der Waals surface area contributed by atoms with Crippen LogP contribution >= 0.6 is 11.6 Å². The maximum atomic E-state index is 13.9. The Morgan fingerprint density at radius 2 is 2.17 bits per heavy atom. The molecule has 4 nitrogen and oxygen atoms in total. The molecular formula is C16H13ClF2N2O2. The summed E-state index contributed by atoms with van der Waals surface area (Å²) in [6.45, 7) is 0.376. The number of nitrogens with zero attached hydrogens (tertiary/aromatic N) is 2. The SMILES string of the molecule is COc1ccc(Cl)c2c1N(C(=O)c1ncc(F)cc1F)CCC2. The first-order chi connectivity index (χ1) is 11.0. The molecule has 0 unspecified atom stereocenters. The molecule has 1 amide bonds. The number of amides is 1. The molecule has 120 valence electrons. The van der Waals surface area contributed by atoms with Gasteiger partial charge >= 0.3 is 0 Å². The molecule has 0 aliphatic carbocycles. The van der Waals surface area contributed by atoms with E-state index in [0.29, 0.717) is 41.9 Å². The molecule has 0 saturated carbocycles. The number of benzene rings is 1. The third-order valence-electron chi connectivity index (χ3n) is 3.74. The van der Waals surface area contributed by atoms with Gasteiger partial charge in [-0.2, -0.15) is 0 Å². The topological polar surface area (TPSA) is 42.4 Å².